The monoisotopic (exact) mass is 286 g/mol. The van der Waals surface area contributed by atoms with Crippen molar-refractivity contribution >= 4 is 17.3 Å². The summed E-state index contributed by atoms with van der Waals surface area (Å²) in [7, 11) is 0. The second-order valence-corrected chi connectivity index (χ2v) is 4.70. The first-order chi connectivity index (χ1) is 10.0. The highest BCUT2D eigenvalue weighted by Gasteiger charge is 2.11. The fourth-order valence-electron chi connectivity index (χ4n) is 1.86. The van der Waals surface area contributed by atoms with Crippen LogP contribution in [0.4, 0.5) is 10.1 Å². The van der Waals surface area contributed by atoms with Crippen LogP contribution in [0, 0.1) is 12.7 Å². The Hall–Kier alpha value is -2.69. The minimum absolute atomic E-state index is 0.00206. The van der Waals surface area contributed by atoms with Crippen LogP contribution in [0.25, 0.3) is 0 Å². The van der Waals surface area contributed by atoms with Gasteiger partial charge in [0.1, 0.15) is 5.82 Å². The number of rotatable bonds is 3. The Balaban J connectivity index is 2.16. The Morgan fingerprint density at radius 3 is 2.43 bits per heavy atom. The summed E-state index contributed by atoms with van der Waals surface area (Å²) in [6, 6.07) is 11.2. The molecule has 0 radical (unpaired) electrons. The first kappa shape index (κ1) is 14.7. The molecule has 0 aliphatic carbocycles. The van der Waals surface area contributed by atoms with Gasteiger partial charge in [0.25, 0.3) is 5.91 Å². The molecule has 5 heteroatoms. The first-order valence-electron chi connectivity index (χ1n) is 6.38. The van der Waals surface area contributed by atoms with Crippen LogP contribution in [0.5, 0.6) is 0 Å². The van der Waals surface area contributed by atoms with Crippen molar-refractivity contribution in [3.63, 3.8) is 0 Å². The number of amides is 1. The highest BCUT2D eigenvalue weighted by Crippen LogP contribution is 2.15. The van der Waals surface area contributed by atoms with Crippen LogP contribution in [0.15, 0.2) is 47.6 Å². The van der Waals surface area contributed by atoms with Crippen LogP contribution < -0.4 is 5.32 Å². The molecule has 108 valence electrons. The third kappa shape index (κ3) is 3.45. The maximum absolute atomic E-state index is 13.7. The number of hydrogen-bond donors (Lipinski definition) is 2. The standard InChI is InChI=1S/C16H15FN2O2/c1-10-3-8-14(15(17)9-10)16(20)18-13-6-4-12(5-7-13)11(2)19-21/h3-9,21H,1-2H3,(H,18,20)/b19-11-. The third-order valence-electron chi connectivity index (χ3n) is 3.08. The number of benzene rings is 2. The van der Waals surface area contributed by atoms with Crippen LogP contribution in [-0.4, -0.2) is 16.8 Å². The number of nitrogens with zero attached hydrogens (tertiary/aromatic N) is 1. The van der Waals surface area contributed by atoms with Gasteiger partial charge in [-0.2, -0.15) is 0 Å². The molecule has 0 unspecified atom stereocenters. The zero-order chi connectivity index (χ0) is 15.4. The molecule has 0 atom stereocenters. The SMILES string of the molecule is C/C(=N/O)c1ccc(NC(=O)c2ccc(C)cc2F)cc1. The highest BCUT2D eigenvalue weighted by molar-refractivity contribution is 6.05. The van der Waals surface area contributed by atoms with E-state index in [1.807, 2.05) is 0 Å². The van der Waals surface area contributed by atoms with Crippen molar-refractivity contribution in [1.82, 2.24) is 0 Å². The van der Waals surface area contributed by atoms with E-state index in [0.29, 0.717) is 11.4 Å². The zero-order valence-corrected chi connectivity index (χ0v) is 11.7. The Labute approximate surface area is 121 Å². The van der Waals surface area contributed by atoms with Gasteiger partial charge in [-0.25, -0.2) is 4.39 Å². The minimum Gasteiger partial charge on any atom is -0.411 e. The van der Waals surface area contributed by atoms with Crippen molar-refractivity contribution in [2.24, 2.45) is 5.16 Å². The van der Waals surface area contributed by atoms with Crippen molar-refractivity contribution in [1.29, 1.82) is 0 Å². The van der Waals surface area contributed by atoms with Crippen LogP contribution in [0.1, 0.15) is 28.4 Å². The smallest absolute Gasteiger partial charge is 0.258 e. The molecule has 1 amide bonds. The number of oxime groups is 1. The van der Waals surface area contributed by atoms with Crippen molar-refractivity contribution in [2.45, 2.75) is 13.8 Å². The molecule has 0 aromatic heterocycles. The first-order valence-corrected chi connectivity index (χ1v) is 6.38. The molecule has 0 bridgehead atoms. The normalized spacial score (nSPS) is 11.3. The Morgan fingerprint density at radius 1 is 1.19 bits per heavy atom. The van der Waals surface area contributed by atoms with Crippen LogP contribution in [-0.2, 0) is 0 Å². The van der Waals surface area contributed by atoms with Gasteiger partial charge in [0.05, 0.1) is 11.3 Å². The van der Waals surface area contributed by atoms with E-state index in [4.69, 9.17) is 5.21 Å². The summed E-state index contributed by atoms with van der Waals surface area (Å²) in [5.41, 5.74) is 2.49. The summed E-state index contributed by atoms with van der Waals surface area (Å²) < 4.78 is 13.7. The fraction of sp³-hybridized carbons (Fsp3) is 0.125. The number of carbonyl (C=O) groups is 1. The van der Waals surface area contributed by atoms with Crippen molar-refractivity contribution in [3.8, 4) is 0 Å². The van der Waals surface area contributed by atoms with E-state index >= 15 is 0 Å². The van der Waals surface area contributed by atoms with Crippen LogP contribution in [0.2, 0.25) is 0 Å². The molecule has 0 saturated carbocycles. The van der Waals surface area contributed by atoms with Gasteiger partial charge in [-0.05, 0) is 49.2 Å². The lowest BCUT2D eigenvalue weighted by Gasteiger charge is -2.07. The van der Waals surface area contributed by atoms with Crippen molar-refractivity contribution in [3.05, 3.63) is 65.0 Å². The number of hydrogen-bond acceptors (Lipinski definition) is 3. The number of carbonyl (C=O) groups excluding carboxylic acids is 1. The average Bonchev–Trinajstić information content (AvgIpc) is 2.47. The lowest BCUT2D eigenvalue weighted by molar-refractivity contribution is 0.102. The maximum atomic E-state index is 13.7. The van der Waals surface area contributed by atoms with E-state index in [0.717, 1.165) is 11.1 Å². The summed E-state index contributed by atoms with van der Waals surface area (Å²) in [5, 5.41) is 14.4. The van der Waals surface area contributed by atoms with E-state index in [2.05, 4.69) is 10.5 Å². The van der Waals surface area contributed by atoms with Gasteiger partial charge < -0.3 is 10.5 Å². The second kappa shape index (κ2) is 6.17. The van der Waals surface area contributed by atoms with E-state index in [1.165, 1.54) is 12.1 Å². The third-order valence-corrected chi connectivity index (χ3v) is 3.08. The quantitative estimate of drug-likeness (QED) is 0.514. The Bertz CT molecular complexity index is 694. The molecule has 0 saturated heterocycles. The number of anilines is 1. The topological polar surface area (TPSA) is 61.7 Å². The molecule has 0 heterocycles. The molecule has 4 nitrogen and oxygen atoms in total. The summed E-state index contributed by atoms with van der Waals surface area (Å²) >= 11 is 0. The van der Waals surface area contributed by atoms with Gasteiger partial charge in [0.15, 0.2) is 0 Å². The fourth-order valence-corrected chi connectivity index (χ4v) is 1.86. The van der Waals surface area contributed by atoms with E-state index < -0.39 is 11.7 Å². The Kier molecular flexibility index (Phi) is 4.33. The second-order valence-electron chi connectivity index (χ2n) is 4.70. The Morgan fingerprint density at radius 2 is 1.86 bits per heavy atom. The summed E-state index contributed by atoms with van der Waals surface area (Å²) in [6.07, 6.45) is 0. The highest BCUT2D eigenvalue weighted by atomic mass is 19.1. The molecule has 2 aromatic rings. The molecule has 2 N–H and O–H groups in total. The number of aryl methyl sites for hydroxylation is 1. The maximum Gasteiger partial charge on any atom is 0.258 e. The van der Waals surface area contributed by atoms with E-state index in [1.54, 1.807) is 44.2 Å². The van der Waals surface area contributed by atoms with Gasteiger partial charge in [0, 0.05) is 5.69 Å². The van der Waals surface area contributed by atoms with Gasteiger partial charge in [0.2, 0.25) is 0 Å². The predicted octanol–water partition coefficient (Wildman–Crippen LogP) is 3.58. The number of nitrogens with one attached hydrogen (secondary N) is 1. The zero-order valence-electron chi connectivity index (χ0n) is 11.7. The van der Waals surface area contributed by atoms with Gasteiger partial charge in [-0.3, -0.25) is 4.79 Å². The number of halogens is 1. The van der Waals surface area contributed by atoms with Crippen LogP contribution >= 0.6 is 0 Å². The predicted molar refractivity (Wildman–Crippen MR) is 79.5 cm³/mol. The summed E-state index contributed by atoms with van der Waals surface area (Å²) in [5.74, 6) is -1.06. The lowest BCUT2D eigenvalue weighted by atomic mass is 10.1. The molecule has 21 heavy (non-hydrogen) atoms. The summed E-state index contributed by atoms with van der Waals surface area (Å²) in [6.45, 7) is 3.42. The molecule has 0 spiro atoms. The molecular formula is C16H15FN2O2. The van der Waals surface area contributed by atoms with Crippen molar-refractivity contribution in [2.75, 3.05) is 5.32 Å². The molecule has 0 aliphatic rings. The minimum atomic E-state index is -0.549. The molecule has 0 aliphatic heterocycles. The average molecular weight is 286 g/mol. The van der Waals surface area contributed by atoms with Gasteiger partial charge >= 0.3 is 0 Å². The summed E-state index contributed by atoms with van der Waals surface area (Å²) in [4.78, 5) is 12.0. The lowest BCUT2D eigenvalue weighted by Crippen LogP contribution is -2.13. The van der Waals surface area contributed by atoms with E-state index in [-0.39, 0.29) is 5.56 Å². The largest absolute Gasteiger partial charge is 0.411 e. The molecule has 2 aromatic carbocycles. The van der Waals surface area contributed by atoms with Crippen molar-refractivity contribution < 1.29 is 14.4 Å². The van der Waals surface area contributed by atoms with Gasteiger partial charge in [-0.15, -0.1) is 0 Å². The van der Waals surface area contributed by atoms with Gasteiger partial charge in [-0.1, -0.05) is 23.4 Å². The molecule has 2 rings (SSSR count). The molecule has 0 fully saturated rings. The van der Waals surface area contributed by atoms with Crippen LogP contribution in [0.3, 0.4) is 0 Å². The molecular weight excluding hydrogens is 271 g/mol. The van der Waals surface area contributed by atoms with E-state index in [9.17, 15) is 9.18 Å².